The van der Waals surface area contributed by atoms with Crippen LogP contribution < -0.4 is 10.6 Å². The van der Waals surface area contributed by atoms with Gasteiger partial charge in [0.15, 0.2) is 0 Å². The third-order valence-electron chi connectivity index (χ3n) is 3.29. The first-order chi connectivity index (χ1) is 12.4. The number of hydrogen-bond acceptors (Lipinski definition) is 4. The smallest absolute Gasteiger partial charge is 0.252 e. The van der Waals surface area contributed by atoms with Gasteiger partial charge in [0.2, 0.25) is 5.91 Å². The van der Waals surface area contributed by atoms with E-state index < -0.39 is 0 Å². The lowest BCUT2D eigenvalue weighted by Crippen LogP contribution is -2.35. The van der Waals surface area contributed by atoms with Gasteiger partial charge >= 0.3 is 0 Å². The van der Waals surface area contributed by atoms with Crippen LogP contribution >= 0.6 is 35.0 Å². The zero-order chi connectivity index (χ0) is 19.1. The van der Waals surface area contributed by atoms with Crippen molar-refractivity contribution in [2.24, 2.45) is 0 Å². The summed E-state index contributed by atoms with van der Waals surface area (Å²) in [5, 5.41) is 15.3. The molecule has 0 aliphatic carbocycles. The van der Waals surface area contributed by atoms with Crippen LogP contribution in [0.4, 0.5) is 5.69 Å². The number of nitrogens with one attached hydrogen (secondary N) is 2. The van der Waals surface area contributed by atoms with Crippen molar-refractivity contribution in [1.29, 1.82) is 0 Å². The molecule has 0 saturated carbocycles. The molecule has 1 unspecified atom stereocenters. The van der Waals surface area contributed by atoms with Gasteiger partial charge in [-0.2, -0.15) is 0 Å². The predicted octanol–water partition coefficient (Wildman–Crippen LogP) is 3.83. The van der Waals surface area contributed by atoms with Gasteiger partial charge in [-0.05, 0) is 37.3 Å². The molecule has 2 aromatic rings. The largest absolute Gasteiger partial charge is 0.394 e. The van der Waals surface area contributed by atoms with Crippen LogP contribution in [0.5, 0.6) is 0 Å². The van der Waals surface area contributed by atoms with Gasteiger partial charge in [0, 0.05) is 26.7 Å². The first-order valence-corrected chi connectivity index (χ1v) is 9.52. The Kier molecular flexibility index (Phi) is 7.78. The molecule has 0 saturated heterocycles. The Morgan fingerprint density at radius 1 is 1.15 bits per heavy atom. The van der Waals surface area contributed by atoms with Crippen LogP contribution in [-0.4, -0.2) is 35.3 Å². The molecule has 0 aliphatic rings. The summed E-state index contributed by atoms with van der Waals surface area (Å²) in [6.45, 7) is 1.56. The average molecular weight is 413 g/mol. The summed E-state index contributed by atoms with van der Waals surface area (Å²) in [6.07, 6.45) is 0. The van der Waals surface area contributed by atoms with E-state index in [1.54, 1.807) is 49.4 Å². The van der Waals surface area contributed by atoms with Gasteiger partial charge in [0.25, 0.3) is 5.91 Å². The number of rotatable bonds is 7. The van der Waals surface area contributed by atoms with E-state index in [-0.39, 0.29) is 30.2 Å². The number of halogens is 2. The van der Waals surface area contributed by atoms with Crippen molar-refractivity contribution in [1.82, 2.24) is 5.32 Å². The van der Waals surface area contributed by atoms with Crippen molar-refractivity contribution >= 4 is 52.5 Å². The molecule has 3 N–H and O–H groups in total. The van der Waals surface area contributed by atoms with Crippen molar-refractivity contribution in [2.75, 3.05) is 17.7 Å². The maximum Gasteiger partial charge on any atom is 0.252 e. The Balaban J connectivity index is 2.00. The second-order valence-corrected chi connectivity index (χ2v) is 7.44. The number of aliphatic hydroxyl groups excluding tert-OH is 1. The van der Waals surface area contributed by atoms with E-state index in [0.717, 1.165) is 0 Å². The third kappa shape index (κ3) is 6.21. The van der Waals surface area contributed by atoms with E-state index in [0.29, 0.717) is 26.2 Å². The van der Waals surface area contributed by atoms with E-state index in [4.69, 9.17) is 28.3 Å². The van der Waals surface area contributed by atoms with E-state index in [9.17, 15) is 9.59 Å². The topological polar surface area (TPSA) is 78.4 Å². The van der Waals surface area contributed by atoms with Crippen molar-refractivity contribution in [3.05, 3.63) is 58.1 Å². The molecule has 5 nitrogen and oxygen atoms in total. The zero-order valence-electron chi connectivity index (χ0n) is 14.0. The van der Waals surface area contributed by atoms with Gasteiger partial charge in [-0.15, -0.1) is 11.8 Å². The summed E-state index contributed by atoms with van der Waals surface area (Å²) < 4.78 is 0. The molecule has 0 spiro atoms. The van der Waals surface area contributed by atoms with E-state index in [2.05, 4.69) is 10.6 Å². The molecule has 0 aliphatic heterocycles. The fraction of sp³-hybridized carbons (Fsp3) is 0.222. The van der Waals surface area contributed by atoms with Crippen LogP contribution in [0.15, 0.2) is 47.4 Å². The SMILES string of the molecule is CC(CO)NC(=O)c1ccccc1SCC(=O)Nc1cc(Cl)cc(Cl)c1. The molecule has 2 aromatic carbocycles. The number of aliphatic hydroxyl groups is 1. The monoisotopic (exact) mass is 412 g/mol. The first kappa shape index (κ1) is 20.6. The minimum Gasteiger partial charge on any atom is -0.394 e. The van der Waals surface area contributed by atoms with Gasteiger partial charge in [-0.25, -0.2) is 0 Å². The Hall–Kier alpha value is -1.73. The number of hydrogen-bond donors (Lipinski definition) is 3. The summed E-state index contributed by atoms with van der Waals surface area (Å²) in [4.78, 5) is 25.1. The summed E-state index contributed by atoms with van der Waals surface area (Å²) in [5.41, 5.74) is 0.965. The molecule has 138 valence electrons. The zero-order valence-corrected chi connectivity index (χ0v) is 16.3. The second kappa shape index (κ2) is 9.83. The normalized spacial score (nSPS) is 11.7. The average Bonchev–Trinajstić information content (AvgIpc) is 2.59. The van der Waals surface area contributed by atoms with Gasteiger partial charge in [-0.1, -0.05) is 35.3 Å². The van der Waals surface area contributed by atoms with Gasteiger partial charge in [-0.3, -0.25) is 9.59 Å². The van der Waals surface area contributed by atoms with Gasteiger partial charge in [0.1, 0.15) is 0 Å². The number of carbonyl (C=O) groups is 2. The summed E-state index contributed by atoms with van der Waals surface area (Å²) in [5.74, 6) is -0.423. The number of anilines is 1. The Morgan fingerprint density at radius 2 is 1.81 bits per heavy atom. The Bertz CT molecular complexity index is 782. The van der Waals surface area contributed by atoms with Crippen LogP contribution in [0, 0.1) is 0 Å². The summed E-state index contributed by atoms with van der Waals surface area (Å²) in [7, 11) is 0. The first-order valence-electron chi connectivity index (χ1n) is 7.78. The number of carbonyl (C=O) groups excluding carboxylic acids is 2. The Labute approximate surface area is 166 Å². The third-order valence-corrected chi connectivity index (χ3v) is 4.80. The maximum absolute atomic E-state index is 12.3. The van der Waals surface area contributed by atoms with Crippen LogP contribution in [0.2, 0.25) is 10.0 Å². The van der Waals surface area contributed by atoms with Crippen LogP contribution in [-0.2, 0) is 4.79 Å². The summed E-state index contributed by atoms with van der Waals surface area (Å²) in [6, 6.07) is 11.4. The molecule has 0 heterocycles. The van der Waals surface area contributed by atoms with Crippen LogP contribution in [0.25, 0.3) is 0 Å². The summed E-state index contributed by atoms with van der Waals surface area (Å²) >= 11 is 13.1. The molecule has 2 amide bonds. The molecular formula is C18H18Cl2N2O3S. The molecule has 0 aromatic heterocycles. The van der Waals surface area contributed by atoms with Gasteiger partial charge in [0.05, 0.1) is 17.9 Å². The second-order valence-electron chi connectivity index (χ2n) is 5.55. The van der Waals surface area contributed by atoms with Gasteiger partial charge < -0.3 is 15.7 Å². The number of amides is 2. The molecule has 1 atom stereocenters. The van der Waals surface area contributed by atoms with Crippen molar-refractivity contribution in [3.8, 4) is 0 Å². The van der Waals surface area contributed by atoms with Crippen LogP contribution in [0.1, 0.15) is 17.3 Å². The molecule has 8 heteroatoms. The number of thioether (sulfide) groups is 1. The minimum atomic E-state index is -0.351. The lowest BCUT2D eigenvalue weighted by Gasteiger charge is -2.13. The molecule has 0 fully saturated rings. The number of benzene rings is 2. The maximum atomic E-state index is 12.3. The highest BCUT2D eigenvalue weighted by Crippen LogP contribution is 2.25. The lowest BCUT2D eigenvalue weighted by molar-refractivity contribution is -0.113. The minimum absolute atomic E-state index is 0.115. The fourth-order valence-corrected chi connectivity index (χ4v) is 3.47. The molecular weight excluding hydrogens is 395 g/mol. The Morgan fingerprint density at radius 3 is 2.46 bits per heavy atom. The predicted molar refractivity (Wildman–Crippen MR) is 106 cm³/mol. The molecule has 26 heavy (non-hydrogen) atoms. The quantitative estimate of drug-likeness (QED) is 0.603. The lowest BCUT2D eigenvalue weighted by atomic mass is 10.2. The molecule has 2 rings (SSSR count). The highest BCUT2D eigenvalue weighted by atomic mass is 35.5. The standard InChI is InChI=1S/C18H18Cl2N2O3S/c1-11(9-23)21-18(25)15-4-2-3-5-16(15)26-10-17(24)22-14-7-12(19)6-13(20)8-14/h2-8,11,23H,9-10H2,1H3,(H,21,25)(H,22,24). The highest BCUT2D eigenvalue weighted by molar-refractivity contribution is 8.00. The molecule has 0 radical (unpaired) electrons. The molecule has 0 bridgehead atoms. The van der Waals surface area contributed by atoms with Crippen LogP contribution in [0.3, 0.4) is 0 Å². The van der Waals surface area contributed by atoms with E-state index in [1.165, 1.54) is 11.8 Å². The highest BCUT2D eigenvalue weighted by Gasteiger charge is 2.14. The van der Waals surface area contributed by atoms with Crippen molar-refractivity contribution in [3.63, 3.8) is 0 Å². The van der Waals surface area contributed by atoms with Crippen molar-refractivity contribution < 1.29 is 14.7 Å². The van der Waals surface area contributed by atoms with Crippen molar-refractivity contribution in [2.45, 2.75) is 17.9 Å². The fourth-order valence-electron chi connectivity index (χ4n) is 2.09. The van der Waals surface area contributed by atoms with E-state index >= 15 is 0 Å². The van der Waals surface area contributed by atoms with E-state index in [1.807, 2.05) is 0 Å².